The van der Waals surface area contributed by atoms with Crippen LogP contribution in [0.15, 0.2) is 30.6 Å². The van der Waals surface area contributed by atoms with Gasteiger partial charge in [-0.2, -0.15) is 0 Å². The highest BCUT2D eigenvalue weighted by molar-refractivity contribution is 6.30. The summed E-state index contributed by atoms with van der Waals surface area (Å²) in [6.45, 7) is 2.17. The van der Waals surface area contributed by atoms with Crippen molar-refractivity contribution in [3.8, 4) is 0 Å². The third-order valence-corrected chi connectivity index (χ3v) is 3.86. The molecular weight excluding hydrogens is 306 g/mol. The zero-order valence-electron chi connectivity index (χ0n) is 11.9. The van der Waals surface area contributed by atoms with Crippen molar-refractivity contribution in [3.05, 3.63) is 41.2 Å². The summed E-state index contributed by atoms with van der Waals surface area (Å²) in [5, 5.41) is 11.5. The molecule has 0 spiro atoms. The van der Waals surface area contributed by atoms with Crippen molar-refractivity contribution >= 4 is 17.5 Å². The molecule has 0 bridgehead atoms. The van der Waals surface area contributed by atoms with Crippen LogP contribution in [0.5, 0.6) is 0 Å². The van der Waals surface area contributed by atoms with Crippen molar-refractivity contribution in [2.75, 3.05) is 19.7 Å². The minimum absolute atomic E-state index is 0.0813. The van der Waals surface area contributed by atoms with E-state index in [1.54, 1.807) is 4.68 Å². The van der Waals surface area contributed by atoms with Crippen molar-refractivity contribution in [1.82, 2.24) is 25.1 Å². The first kappa shape index (κ1) is 14.9. The van der Waals surface area contributed by atoms with Gasteiger partial charge in [-0.25, -0.2) is 4.68 Å². The Morgan fingerprint density at radius 3 is 2.91 bits per heavy atom. The highest BCUT2D eigenvalue weighted by Gasteiger charge is 2.25. The number of amides is 1. The third-order valence-electron chi connectivity index (χ3n) is 3.61. The minimum Gasteiger partial charge on any atom is -0.370 e. The standard InChI is InChI=1S/C14H16ClN5O2/c15-12-3-1-11(2-4-12)13-9-19(7-8-22-13)14(21)5-6-20-10-16-17-18-20/h1-4,10,13H,5-9H2/t13-/m0/s1. The summed E-state index contributed by atoms with van der Waals surface area (Å²) in [7, 11) is 0. The molecule has 22 heavy (non-hydrogen) atoms. The lowest BCUT2D eigenvalue weighted by molar-refractivity contribution is -0.139. The first-order valence-corrected chi connectivity index (χ1v) is 7.46. The number of carbonyl (C=O) groups is 1. The Morgan fingerprint density at radius 2 is 2.18 bits per heavy atom. The first-order chi connectivity index (χ1) is 10.7. The van der Waals surface area contributed by atoms with Gasteiger partial charge in [0, 0.05) is 18.0 Å². The van der Waals surface area contributed by atoms with Crippen LogP contribution >= 0.6 is 11.6 Å². The van der Waals surface area contributed by atoms with E-state index in [2.05, 4.69) is 15.5 Å². The highest BCUT2D eigenvalue weighted by atomic mass is 35.5. The molecule has 116 valence electrons. The van der Waals surface area contributed by atoms with E-state index in [9.17, 15) is 4.79 Å². The van der Waals surface area contributed by atoms with Gasteiger partial charge in [0.15, 0.2) is 0 Å². The predicted octanol–water partition coefficient (Wildman–Crippen LogP) is 1.32. The monoisotopic (exact) mass is 321 g/mol. The lowest BCUT2D eigenvalue weighted by Gasteiger charge is -2.33. The van der Waals surface area contributed by atoms with Gasteiger partial charge in [-0.3, -0.25) is 4.79 Å². The van der Waals surface area contributed by atoms with Gasteiger partial charge in [-0.05, 0) is 28.1 Å². The van der Waals surface area contributed by atoms with Gasteiger partial charge in [0.25, 0.3) is 0 Å². The van der Waals surface area contributed by atoms with E-state index in [4.69, 9.17) is 16.3 Å². The molecule has 8 heteroatoms. The average Bonchev–Trinajstić information content (AvgIpc) is 3.07. The number of carbonyl (C=O) groups excluding carboxylic acids is 1. The maximum Gasteiger partial charge on any atom is 0.224 e. The van der Waals surface area contributed by atoms with Crippen LogP contribution in [0.2, 0.25) is 5.02 Å². The van der Waals surface area contributed by atoms with Gasteiger partial charge >= 0.3 is 0 Å². The highest BCUT2D eigenvalue weighted by Crippen LogP contribution is 2.24. The van der Waals surface area contributed by atoms with E-state index < -0.39 is 0 Å². The number of halogens is 1. The van der Waals surface area contributed by atoms with Gasteiger partial charge in [0.05, 0.1) is 19.7 Å². The largest absolute Gasteiger partial charge is 0.370 e. The van der Waals surface area contributed by atoms with Gasteiger partial charge in [0.1, 0.15) is 12.4 Å². The minimum atomic E-state index is -0.108. The van der Waals surface area contributed by atoms with Gasteiger partial charge < -0.3 is 9.64 Å². The Balaban J connectivity index is 1.57. The quantitative estimate of drug-likeness (QED) is 0.849. The fourth-order valence-corrected chi connectivity index (χ4v) is 2.53. The summed E-state index contributed by atoms with van der Waals surface area (Å²) < 4.78 is 7.31. The Labute approximate surface area is 132 Å². The second kappa shape index (κ2) is 6.85. The normalized spacial score (nSPS) is 18.4. The summed E-state index contributed by atoms with van der Waals surface area (Å²) in [6.07, 6.45) is 1.77. The summed E-state index contributed by atoms with van der Waals surface area (Å²) in [6, 6.07) is 7.53. The van der Waals surface area contributed by atoms with Crippen LogP contribution in [0, 0.1) is 0 Å². The van der Waals surface area contributed by atoms with E-state index in [1.807, 2.05) is 29.2 Å². The fraction of sp³-hybridized carbons (Fsp3) is 0.429. The molecule has 1 aliphatic heterocycles. The van der Waals surface area contributed by atoms with Crippen LogP contribution in [-0.4, -0.2) is 50.7 Å². The maximum absolute atomic E-state index is 12.3. The number of benzene rings is 1. The molecule has 1 aromatic heterocycles. The first-order valence-electron chi connectivity index (χ1n) is 7.08. The Hall–Kier alpha value is -1.99. The number of ether oxygens (including phenoxy) is 1. The second-order valence-electron chi connectivity index (χ2n) is 5.07. The molecule has 0 unspecified atom stereocenters. The Kier molecular flexibility index (Phi) is 4.65. The molecule has 1 aromatic carbocycles. The number of hydrogen-bond donors (Lipinski definition) is 0. The molecule has 1 fully saturated rings. The number of nitrogens with zero attached hydrogens (tertiary/aromatic N) is 5. The van der Waals surface area contributed by atoms with Crippen molar-refractivity contribution in [3.63, 3.8) is 0 Å². The van der Waals surface area contributed by atoms with Crippen molar-refractivity contribution in [1.29, 1.82) is 0 Å². The molecule has 0 N–H and O–H groups in total. The smallest absolute Gasteiger partial charge is 0.224 e. The summed E-state index contributed by atoms with van der Waals surface area (Å²) in [5.41, 5.74) is 1.03. The van der Waals surface area contributed by atoms with Gasteiger partial charge in [-0.15, -0.1) is 5.10 Å². The second-order valence-corrected chi connectivity index (χ2v) is 5.51. The molecule has 0 saturated carbocycles. The summed E-state index contributed by atoms with van der Waals surface area (Å²) >= 11 is 5.90. The summed E-state index contributed by atoms with van der Waals surface area (Å²) in [4.78, 5) is 14.1. The lowest BCUT2D eigenvalue weighted by atomic mass is 10.1. The van der Waals surface area contributed by atoms with Crippen molar-refractivity contribution in [2.24, 2.45) is 0 Å². The van der Waals surface area contributed by atoms with Crippen molar-refractivity contribution in [2.45, 2.75) is 19.1 Å². The molecule has 2 aromatic rings. The molecule has 0 radical (unpaired) electrons. The van der Waals surface area contributed by atoms with Crippen LogP contribution in [0.25, 0.3) is 0 Å². The van der Waals surface area contributed by atoms with Gasteiger partial charge in [0.2, 0.25) is 5.91 Å². The zero-order chi connectivity index (χ0) is 15.4. The van der Waals surface area contributed by atoms with Crippen molar-refractivity contribution < 1.29 is 9.53 Å². The van der Waals surface area contributed by atoms with E-state index in [-0.39, 0.29) is 12.0 Å². The van der Waals surface area contributed by atoms with E-state index in [1.165, 1.54) is 6.33 Å². The number of aromatic nitrogens is 4. The molecule has 0 aliphatic carbocycles. The molecule has 1 saturated heterocycles. The van der Waals surface area contributed by atoms with Gasteiger partial charge in [-0.1, -0.05) is 23.7 Å². The topological polar surface area (TPSA) is 73.1 Å². The predicted molar refractivity (Wildman–Crippen MR) is 79.2 cm³/mol. The number of morpholine rings is 1. The summed E-state index contributed by atoms with van der Waals surface area (Å²) in [5.74, 6) is 0.0813. The van der Waals surface area contributed by atoms with Crippen LogP contribution in [-0.2, 0) is 16.1 Å². The van der Waals surface area contributed by atoms with E-state index in [0.717, 1.165) is 5.56 Å². The van der Waals surface area contributed by atoms with Crippen LogP contribution < -0.4 is 0 Å². The molecule has 1 amide bonds. The van der Waals surface area contributed by atoms with E-state index >= 15 is 0 Å². The van der Waals surface area contributed by atoms with Crippen LogP contribution in [0.1, 0.15) is 18.1 Å². The SMILES string of the molecule is O=C(CCn1cnnn1)N1CCO[C@H](c2ccc(Cl)cc2)C1. The average molecular weight is 322 g/mol. The third kappa shape index (κ3) is 3.61. The molecular formula is C14H16ClN5O2. The lowest BCUT2D eigenvalue weighted by Crippen LogP contribution is -2.42. The Bertz CT molecular complexity index is 617. The molecule has 3 rings (SSSR count). The van der Waals surface area contributed by atoms with Crippen LogP contribution in [0.3, 0.4) is 0 Å². The van der Waals surface area contributed by atoms with Crippen LogP contribution in [0.4, 0.5) is 0 Å². The number of aryl methyl sites for hydroxylation is 1. The zero-order valence-corrected chi connectivity index (χ0v) is 12.7. The molecule has 1 aliphatic rings. The fourth-order valence-electron chi connectivity index (χ4n) is 2.41. The maximum atomic E-state index is 12.3. The number of hydrogen-bond acceptors (Lipinski definition) is 5. The van der Waals surface area contributed by atoms with E-state index in [0.29, 0.717) is 37.7 Å². The molecule has 2 heterocycles. The number of rotatable bonds is 4. The molecule has 7 nitrogen and oxygen atoms in total. The Morgan fingerprint density at radius 1 is 1.36 bits per heavy atom. The number of tetrazole rings is 1. The molecule has 1 atom stereocenters.